The molecule has 1 aromatic rings. The third kappa shape index (κ3) is 3.59. The van der Waals surface area contributed by atoms with Gasteiger partial charge in [0.2, 0.25) is 5.12 Å². The Balaban J connectivity index is 2.40. The molecule has 0 unspecified atom stereocenters. The van der Waals surface area contributed by atoms with Crippen LogP contribution in [0.4, 0.5) is 0 Å². The van der Waals surface area contributed by atoms with E-state index in [1.54, 1.807) is 12.3 Å². The maximum Gasteiger partial charge on any atom is 0.237 e. The number of aromatic nitrogens is 1. The highest BCUT2D eigenvalue weighted by Crippen LogP contribution is 2.11. The van der Waals surface area contributed by atoms with Crippen LogP contribution in [0.1, 0.15) is 30.3 Å². The van der Waals surface area contributed by atoms with Crippen LogP contribution in [0.15, 0.2) is 24.4 Å². The van der Waals surface area contributed by atoms with Crippen molar-refractivity contribution in [1.29, 1.82) is 0 Å². The van der Waals surface area contributed by atoms with Gasteiger partial charge in [0.1, 0.15) is 5.69 Å². The van der Waals surface area contributed by atoms with Gasteiger partial charge in [-0.15, -0.1) is 0 Å². The topological polar surface area (TPSA) is 30.0 Å². The summed E-state index contributed by atoms with van der Waals surface area (Å²) in [6.07, 6.45) is 3.86. The molecule has 0 saturated heterocycles. The van der Waals surface area contributed by atoms with E-state index in [9.17, 15) is 4.79 Å². The van der Waals surface area contributed by atoms with E-state index in [1.807, 2.05) is 12.1 Å². The molecule has 1 aromatic heterocycles. The number of hydrogen-bond acceptors (Lipinski definition) is 3. The average Bonchev–Trinajstić information content (AvgIpc) is 2.19. The molecule has 0 spiro atoms. The van der Waals surface area contributed by atoms with Crippen molar-refractivity contribution in [2.24, 2.45) is 0 Å². The van der Waals surface area contributed by atoms with Crippen LogP contribution in [-0.2, 0) is 0 Å². The number of carbonyl (C=O) groups is 1. The molecule has 0 radical (unpaired) electrons. The number of unbranched alkanes of at least 4 members (excludes halogenated alkanes) is 1. The third-order valence-corrected chi connectivity index (χ3v) is 2.57. The minimum atomic E-state index is 0.0778. The molecule has 0 aliphatic carbocycles. The lowest BCUT2D eigenvalue weighted by atomic mass is 10.4. The minimum Gasteiger partial charge on any atom is -0.280 e. The molecular formula is C10H13NOS. The second-order valence-corrected chi connectivity index (χ2v) is 3.77. The summed E-state index contributed by atoms with van der Waals surface area (Å²) in [5.74, 6) is 0.895. The quantitative estimate of drug-likeness (QED) is 0.692. The zero-order valence-corrected chi connectivity index (χ0v) is 8.51. The molecule has 0 amide bonds. The van der Waals surface area contributed by atoms with Crippen molar-refractivity contribution in [2.45, 2.75) is 19.8 Å². The van der Waals surface area contributed by atoms with E-state index in [4.69, 9.17) is 0 Å². The summed E-state index contributed by atoms with van der Waals surface area (Å²) in [6.45, 7) is 2.12. The molecule has 70 valence electrons. The van der Waals surface area contributed by atoms with Crippen LogP contribution in [-0.4, -0.2) is 15.9 Å². The van der Waals surface area contributed by atoms with Crippen molar-refractivity contribution in [1.82, 2.24) is 4.98 Å². The van der Waals surface area contributed by atoms with Crippen LogP contribution in [0.3, 0.4) is 0 Å². The monoisotopic (exact) mass is 195 g/mol. The van der Waals surface area contributed by atoms with Gasteiger partial charge in [0.15, 0.2) is 0 Å². The zero-order valence-electron chi connectivity index (χ0n) is 7.69. The number of carbonyl (C=O) groups excluding carboxylic acids is 1. The first-order valence-corrected chi connectivity index (χ1v) is 5.41. The average molecular weight is 195 g/mol. The molecule has 0 N–H and O–H groups in total. The van der Waals surface area contributed by atoms with Gasteiger partial charge in [-0.1, -0.05) is 31.2 Å². The van der Waals surface area contributed by atoms with E-state index in [1.165, 1.54) is 11.8 Å². The maximum absolute atomic E-state index is 11.4. The number of nitrogens with zero attached hydrogens (tertiary/aromatic N) is 1. The van der Waals surface area contributed by atoms with Gasteiger partial charge in [-0.05, 0) is 18.6 Å². The van der Waals surface area contributed by atoms with Gasteiger partial charge >= 0.3 is 0 Å². The Hall–Kier alpha value is -0.830. The Bertz CT molecular complexity index is 261. The van der Waals surface area contributed by atoms with Crippen molar-refractivity contribution in [2.75, 3.05) is 5.75 Å². The highest BCUT2D eigenvalue weighted by atomic mass is 32.2. The molecule has 0 atom stereocenters. The summed E-state index contributed by atoms with van der Waals surface area (Å²) >= 11 is 1.35. The maximum atomic E-state index is 11.4. The van der Waals surface area contributed by atoms with Crippen LogP contribution >= 0.6 is 11.8 Å². The Morgan fingerprint density at radius 1 is 1.54 bits per heavy atom. The predicted molar refractivity (Wildman–Crippen MR) is 55.9 cm³/mol. The molecule has 0 aromatic carbocycles. The summed E-state index contributed by atoms with van der Waals surface area (Å²) < 4.78 is 0. The van der Waals surface area contributed by atoms with Gasteiger partial charge in [0.25, 0.3) is 0 Å². The van der Waals surface area contributed by atoms with Gasteiger partial charge in [-0.25, -0.2) is 0 Å². The van der Waals surface area contributed by atoms with E-state index in [0.717, 1.165) is 18.6 Å². The highest BCUT2D eigenvalue weighted by molar-refractivity contribution is 8.14. The van der Waals surface area contributed by atoms with Crippen LogP contribution in [0.2, 0.25) is 0 Å². The fraction of sp³-hybridized carbons (Fsp3) is 0.400. The van der Waals surface area contributed by atoms with Gasteiger partial charge in [-0.2, -0.15) is 0 Å². The van der Waals surface area contributed by atoms with Gasteiger partial charge in [0, 0.05) is 11.9 Å². The molecule has 2 nitrogen and oxygen atoms in total. The van der Waals surface area contributed by atoms with Gasteiger partial charge in [-0.3, -0.25) is 9.78 Å². The summed E-state index contributed by atoms with van der Waals surface area (Å²) in [5, 5.41) is 0.0778. The third-order valence-electron chi connectivity index (χ3n) is 1.61. The number of rotatable bonds is 4. The summed E-state index contributed by atoms with van der Waals surface area (Å²) in [5.41, 5.74) is 0.559. The van der Waals surface area contributed by atoms with E-state index < -0.39 is 0 Å². The minimum absolute atomic E-state index is 0.0778. The van der Waals surface area contributed by atoms with Crippen LogP contribution in [0.25, 0.3) is 0 Å². The zero-order chi connectivity index (χ0) is 9.52. The fourth-order valence-corrected chi connectivity index (χ4v) is 1.75. The highest BCUT2D eigenvalue weighted by Gasteiger charge is 2.05. The first kappa shape index (κ1) is 10.3. The van der Waals surface area contributed by atoms with Crippen molar-refractivity contribution in [3.05, 3.63) is 30.1 Å². The molecule has 1 heterocycles. The second kappa shape index (κ2) is 5.75. The molecule has 13 heavy (non-hydrogen) atoms. The lowest BCUT2D eigenvalue weighted by Crippen LogP contribution is -1.97. The standard InChI is InChI=1S/C10H13NOS/c1-2-3-8-13-10(12)9-6-4-5-7-11-9/h4-7H,2-3,8H2,1H3. The molecule has 0 bridgehead atoms. The first-order chi connectivity index (χ1) is 6.34. The molecule has 3 heteroatoms. The second-order valence-electron chi connectivity index (χ2n) is 2.70. The molecule has 0 aliphatic rings. The van der Waals surface area contributed by atoms with E-state index in [2.05, 4.69) is 11.9 Å². The lowest BCUT2D eigenvalue weighted by molar-refractivity contribution is 0.108. The predicted octanol–water partition coefficient (Wildman–Crippen LogP) is 2.76. The lowest BCUT2D eigenvalue weighted by Gasteiger charge is -1.97. The van der Waals surface area contributed by atoms with Crippen molar-refractivity contribution in [3.63, 3.8) is 0 Å². The van der Waals surface area contributed by atoms with Crippen LogP contribution < -0.4 is 0 Å². The van der Waals surface area contributed by atoms with Crippen LogP contribution in [0, 0.1) is 0 Å². The Labute approximate surface area is 82.8 Å². The van der Waals surface area contributed by atoms with E-state index >= 15 is 0 Å². The Morgan fingerprint density at radius 2 is 2.38 bits per heavy atom. The van der Waals surface area contributed by atoms with Gasteiger partial charge in [0.05, 0.1) is 0 Å². The fourth-order valence-electron chi connectivity index (χ4n) is 0.867. The summed E-state index contributed by atoms with van der Waals surface area (Å²) in [7, 11) is 0. The first-order valence-electron chi connectivity index (χ1n) is 4.42. The van der Waals surface area contributed by atoms with E-state index in [0.29, 0.717) is 5.69 Å². The normalized spacial score (nSPS) is 9.92. The number of hydrogen-bond donors (Lipinski definition) is 0. The summed E-state index contributed by atoms with van der Waals surface area (Å²) in [4.78, 5) is 15.4. The van der Waals surface area contributed by atoms with Crippen molar-refractivity contribution in [3.8, 4) is 0 Å². The number of thioether (sulfide) groups is 1. The van der Waals surface area contributed by atoms with E-state index in [-0.39, 0.29) is 5.12 Å². The van der Waals surface area contributed by atoms with Crippen LogP contribution in [0.5, 0.6) is 0 Å². The summed E-state index contributed by atoms with van der Waals surface area (Å²) in [6, 6.07) is 5.40. The molecule has 0 aliphatic heterocycles. The Kier molecular flexibility index (Phi) is 4.54. The molecule has 0 saturated carbocycles. The van der Waals surface area contributed by atoms with Gasteiger partial charge < -0.3 is 0 Å². The molecule has 1 rings (SSSR count). The largest absolute Gasteiger partial charge is 0.280 e. The SMILES string of the molecule is CCCCSC(=O)c1ccccn1. The number of pyridine rings is 1. The van der Waals surface area contributed by atoms with Crippen molar-refractivity contribution >= 4 is 16.9 Å². The molecule has 0 fully saturated rings. The molecular weight excluding hydrogens is 182 g/mol. The Morgan fingerprint density at radius 3 is 3.00 bits per heavy atom. The van der Waals surface area contributed by atoms with Crippen molar-refractivity contribution < 1.29 is 4.79 Å². The smallest absolute Gasteiger partial charge is 0.237 e.